The average Bonchev–Trinajstić information content (AvgIpc) is 3.61. The minimum atomic E-state index is -0.986. The van der Waals surface area contributed by atoms with E-state index in [1.165, 1.54) is 22.3 Å². The second-order valence-corrected chi connectivity index (χ2v) is 15.7. The molecule has 1 fully saturated rings. The van der Waals surface area contributed by atoms with E-state index in [1.807, 2.05) is 74.3 Å². The maximum Gasteiger partial charge on any atom is 0.311 e. The van der Waals surface area contributed by atoms with Gasteiger partial charge in [-0.3, -0.25) is 4.79 Å². The summed E-state index contributed by atoms with van der Waals surface area (Å²) in [6.45, 7) is 12.3. The summed E-state index contributed by atoms with van der Waals surface area (Å²) in [6.07, 6.45) is 4.53. The highest BCUT2D eigenvalue weighted by molar-refractivity contribution is 9.28. The van der Waals surface area contributed by atoms with E-state index in [2.05, 4.69) is 99.9 Å². The maximum atomic E-state index is 12.7. The topological polar surface area (TPSA) is 87.3 Å². The molecule has 0 saturated heterocycles. The SMILES string of the molecule is CC1(C)[C@H](C(=O)O[C@H](C#N)c2cccc(Oc3ccccc3)c2)[C@@H]1C=C(Br)Br.Cc1ccc(/N=C/N(C)/C=N/c2ccc(C)cc2C)c(C)c1. The van der Waals surface area contributed by atoms with Crippen LogP contribution in [-0.4, -0.2) is 30.6 Å². The summed E-state index contributed by atoms with van der Waals surface area (Å²) >= 11 is 6.68. The van der Waals surface area contributed by atoms with E-state index in [0.717, 1.165) is 14.8 Å². The minimum absolute atomic E-state index is 0.0563. The van der Waals surface area contributed by atoms with Crippen molar-refractivity contribution in [2.75, 3.05) is 7.05 Å². The highest BCUT2D eigenvalue weighted by Gasteiger charge is 2.61. The van der Waals surface area contributed by atoms with Gasteiger partial charge in [-0.2, -0.15) is 5.26 Å². The Balaban J connectivity index is 0.000000232. The molecule has 0 unspecified atom stereocenters. The quantitative estimate of drug-likeness (QED) is 0.0906. The first-order valence-electron chi connectivity index (χ1n) is 16.2. The summed E-state index contributed by atoms with van der Waals surface area (Å²) in [4.78, 5) is 23.5. The van der Waals surface area contributed by atoms with Crippen LogP contribution in [0.25, 0.3) is 0 Å². The Morgan fingerprint density at radius 1 is 0.840 bits per heavy atom. The number of nitriles is 1. The summed E-state index contributed by atoms with van der Waals surface area (Å²) in [5.74, 6) is 0.683. The van der Waals surface area contributed by atoms with Gasteiger partial charge in [-0.1, -0.05) is 85.6 Å². The molecule has 0 aliphatic heterocycles. The molecule has 0 bridgehead atoms. The predicted octanol–water partition coefficient (Wildman–Crippen LogP) is 11.4. The van der Waals surface area contributed by atoms with Crippen molar-refractivity contribution in [3.8, 4) is 17.6 Å². The molecule has 0 aromatic heterocycles. The lowest BCUT2D eigenvalue weighted by Crippen LogP contribution is -2.14. The number of ether oxygens (including phenoxy) is 2. The first-order chi connectivity index (χ1) is 23.8. The van der Waals surface area contributed by atoms with Crippen LogP contribution < -0.4 is 4.74 Å². The number of hydrogen-bond donors (Lipinski definition) is 0. The third-order valence-electron chi connectivity index (χ3n) is 8.42. The van der Waals surface area contributed by atoms with Gasteiger partial charge < -0.3 is 14.4 Å². The molecule has 3 atom stereocenters. The summed E-state index contributed by atoms with van der Waals surface area (Å²) in [6, 6.07) is 31.0. The molecule has 0 heterocycles. The molecule has 0 spiro atoms. The number of rotatable bonds is 10. The van der Waals surface area contributed by atoms with Gasteiger partial charge in [0.15, 0.2) is 0 Å². The van der Waals surface area contributed by atoms with Gasteiger partial charge in [0.25, 0.3) is 0 Å². The van der Waals surface area contributed by atoms with E-state index in [1.54, 1.807) is 36.9 Å². The normalized spacial score (nSPS) is 16.5. The third-order valence-corrected chi connectivity index (χ3v) is 8.95. The first-order valence-corrected chi connectivity index (χ1v) is 17.8. The molecule has 0 N–H and O–H groups in total. The Hall–Kier alpha value is -4.52. The zero-order valence-corrected chi connectivity index (χ0v) is 32.6. The van der Waals surface area contributed by atoms with Crippen molar-refractivity contribution in [1.82, 2.24) is 4.90 Å². The molecule has 0 amide bonds. The Bertz CT molecular complexity index is 1870. The molecule has 4 aromatic rings. The summed E-state index contributed by atoms with van der Waals surface area (Å²) in [5.41, 5.74) is 7.20. The number of para-hydroxylation sites is 1. The molecule has 5 rings (SSSR count). The molecule has 7 nitrogen and oxygen atoms in total. The Morgan fingerprint density at radius 3 is 1.92 bits per heavy atom. The van der Waals surface area contributed by atoms with Crippen molar-refractivity contribution < 1.29 is 14.3 Å². The number of hydrogen-bond acceptors (Lipinski definition) is 6. The summed E-state index contributed by atoms with van der Waals surface area (Å²) in [5, 5.41) is 9.56. The first kappa shape index (κ1) is 38.3. The minimum Gasteiger partial charge on any atom is -0.457 e. The van der Waals surface area contributed by atoms with Gasteiger partial charge in [0.2, 0.25) is 6.10 Å². The molecule has 1 aliphatic carbocycles. The second-order valence-electron chi connectivity index (χ2n) is 12.9. The Labute approximate surface area is 312 Å². The van der Waals surface area contributed by atoms with Crippen LogP contribution in [0.3, 0.4) is 0 Å². The van der Waals surface area contributed by atoms with Crippen LogP contribution in [0.1, 0.15) is 47.8 Å². The third kappa shape index (κ3) is 10.7. The molecule has 1 saturated carbocycles. The molecular formula is C41H42Br2N4O3. The lowest BCUT2D eigenvalue weighted by molar-refractivity contribution is -0.149. The fourth-order valence-corrected chi connectivity index (χ4v) is 6.11. The number of aryl methyl sites for hydroxylation is 4. The van der Waals surface area contributed by atoms with E-state index in [0.29, 0.717) is 17.1 Å². The number of carbonyl (C=O) groups excluding carboxylic acids is 1. The van der Waals surface area contributed by atoms with Gasteiger partial charge in [-0.05, 0) is 118 Å². The molecule has 1 aliphatic rings. The molecular weight excluding hydrogens is 756 g/mol. The average molecular weight is 799 g/mol. The highest BCUT2D eigenvalue weighted by Crippen LogP contribution is 2.60. The zero-order valence-electron chi connectivity index (χ0n) is 29.4. The van der Waals surface area contributed by atoms with Gasteiger partial charge in [0.05, 0.1) is 33.4 Å². The number of carbonyl (C=O) groups is 1. The molecule has 50 heavy (non-hydrogen) atoms. The number of nitrogens with zero attached hydrogens (tertiary/aromatic N) is 4. The van der Waals surface area contributed by atoms with Crippen LogP contribution in [0.5, 0.6) is 11.5 Å². The zero-order chi connectivity index (χ0) is 36.4. The van der Waals surface area contributed by atoms with Gasteiger partial charge in [0, 0.05) is 12.6 Å². The van der Waals surface area contributed by atoms with Crippen LogP contribution >= 0.6 is 31.9 Å². The number of halogens is 2. The van der Waals surface area contributed by atoms with Crippen LogP contribution in [0.4, 0.5) is 11.4 Å². The number of allylic oxidation sites excluding steroid dienone is 1. The van der Waals surface area contributed by atoms with Gasteiger partial charge in [-0.15, -0.1) is 0 Å². The van der Waals surface area contributed by atoms with Gasteiger partial charge >= 0.3 is 5.97 Å². The maximum absolute atomic E-state index is 12.7. The lowest BCUT2D eigenvalue weighted by Gasteiger charge is -2.13. The predicted molar refractivity (Wildman–Crippen MR) is 210 cm³/mol. The fourth-order valence-electron chi connectivity index (χ4n) is 5.54. The van der Waals surface area contributed by atoms with Gasteiger partial charge in [-0.25, -0.2) is 9.98 Å². The van der Waals surface area contributed by atoms with Gasteiger partial charge in [0.1, 0.15) is 17.6 Å². The van der Waals surface area contributed by atoms with E-state index in [4.69, 9.17) is 9.47 Å². The summed E-state index contributed by atoms with van der Waals surface area (Å²) < 4.78 is 12.2. The van der Waals surface area contributed by atoms with Crippen molar-refractivity contribution >= 4 is 61.9 Å². The van der Waals surface area contributed by atoms with Crippen molar-refractivity contribution in [2.24, 2.45) is 27.2 Å². The van der Waals surface area contributed by atoms with Crippen LogP contribution in [0.15, 0.2) is 110 Å². The lowest BCUT2D eigenvalue weighted by atomic mass is 10.1. The van der Waals surface area contributed by atoms with Crippen molar-refractivity contribution in [1.29, 1.82) is 5.26 Å². The summed E-state index contributed by atoms with van der Waals surface area (Å²) in [7, 11) is 1.93. The van der Waals surface area contributed by atoms with Crippen LogP contribution in [-0.2, 0) is 9.53 Å². The molecule has 0 radical (unpaired) electrons. The van der Waals surface area contributed by atoms with Crippen LogP contribution in [0.2, 0.25) is 0 Å². The van der Waals surface area contributed by atoms with E-state index in [-0.39, 0.29) is 23.2 Å². The highest BCUT2D eigenvalue weighted by atomic mass is 79.9. The molecule has 9 heteroatoms. The largest absolute Gasteiger partial charge is 0.457 e. The number of esters is 1. The molecule has 258 valence electrons. The smallest absolute Gasteiger partial charge is 0.311 e. The second kappa shape index (κ2) is 17.4. The number of benzene rings is 4. The van der Waals surface area contributed by atoms with E-state index in [9.17, 15) is 10.1 Å². The van der Waals surface area contributed by atoms with Crippen molar-refractivity contribution in [3.63, 3.8) is 0 Å². The standard InChI is InChI=1S/C22H19Br2NO3.C19H23N3/c1-22(2)17(12-19(23)24)20(22)21(26)28-18(13-25)14-7-6-10-16(11-14)27-15-8-4-3-5-9-15;1-14-6-8-18(16(3)10-14)20-12-22(5)13-21-19-9-7-15(2)11-17(19)4/h3-12,17-18,20H,1-2H3;6-13H,1-5H3/b;20-12+,21-13+/t17-,18+,20-;/m0./s1. The monoisotopic (exact) mass is 796 g/mol. The molecule has 4 aromatic carbocycles. The Morgan fingerprint density at radius 2 is 1.40 bits per heavy atom. The van der Waals surface area contributed by atoms with Crippen LogP contribution in [0, 0.1) is 56.3 Å². The fraction of sp³-hybridized carbons (Fsp3) is 0.268. The Kier molecular flexibility index (Phi) is 13.3. The van der Waals surface area contributed by atoms with Crippen molar-refractivity contribution in [2.45, 2.75) is 47.6 Å². The van der Waals surface area contributed by atoms with E-state index < -0.39 is 6.10 Å². The van der Waals surface area contributed by atoms with Crippen molar-refractivity contribution in [3.05, 3.63) is 128 Å². The van der Waals surface area contributed by atoms with E-state index >= 15 is 0 Å². The number of aliphatic imine (C=N–C) groups is 2.